The molecule has 1 aliphatic heterocycles. The van der Waals surface area contributed by atoms with Gasteiger partial charge in [0.15, 0.2) is 0 Å². The molecule has 1 saturated heterocycles. The molecular weight excluding hydrogens is 328 g/mol. The minimum atomic E-state index is 0.0858. The van der Waals surface area contributed by atoms with E-state index in [2.05, 4.69) is 19.9 Å². The van der Waals surface area contributed by atoms with E-state index >= 15 is 0 Å². The Hall–Kier alpha value is -3.22. The van der Waals surface area contributed by atoms with E-state index in [0.29, 0.717) is 13.1 Å². The van der Waals surface area contributed by atoms with E-state index < -0.39 is 0 Å². The van der Waals surface area contributed by atoms with Crippen LogP contribution in [-0.4, -0.2) is 56.5 Å². The summed E-state index contributed by atoms with van der Waals surface area (Å²) in [6, 6.07) is 11.4. The lowest BCUT2D eigenvalue weighted by Crippen LogP contribution is -2.49. The Morgan fingerprint density at radius 1 is 0.962 bits per heavy atom. The number of hydrogen-bond donors (Lipinski definition) is 0. The van der Waals surface area contributed by atoms with Gasteiger partial charge in [-0.3, -0.25) is 9.36 Å². The molecule has 0 saturated carbocycles. The van der Waals surface area contributed by atoms with E-state index in [1.54, 1.807) is 12.5 Å². The number of aromatic nitrogens is 4. The number of amides is 1. The molecule has 3 aromatic rings. The number of aryl methyl sites for hydroxylation is 1. The van der Waals surface area contributed by atoms with Gasteiger partial charge in [-0.15, -0.1) is 0 Å². The maximum atomic E-state index is 12.6. The lowest BCUT2D eigenvalue weighted by molar-refractivity contribution is 0.0746. The smallest absolute Gasteiger partial charge is 0.253 e. The number of nitrogens with zero attached hydrogens (tertiary/aromatic N) is 6. The third-order valence-electron chi connectivity index (χ3n) is 4.62. The maximum Gasteiger partial charge on any atom is 0.253 e. The minimum Gasteiger partial charge on any atom is -0.353 e. The summed E-state index contributed by atoms with van der Waals surface area (Å²) in [5.41, 5.74) is 0.737. The molecule has 4 rings (SSSR count). The van der Waals surface area contributed by atoms with E-state index in [1.807, 2.05) is 59.0 Å². The van der Waals surface area contributed by atoms with Crippen LogP contribution in [0.4, 0.5) is 5.82 Å². The number of rotatable bonds is 3. The SMILES string of the molecule is Cc1nccn1-c1cc(N2CCN(C(=O)c3ccccc3)CC2)ncn1. The first-order valence-electron chi connectivity index (χ1n) is 8.64. The van der Waals surface area contributed by atoms with Crippen LogP contribution in [0.3, 0.4) is 0 Å². The van der Waals surface area contributed by atoms with Crippen molar-refractivity contribution in [1.29, 1.82) is 0 Å². The van der Waals surface area contributed by atoms with Gasteiger partial charge in [-0.25, -0.2) is 15.0 Å². The zero-order chi connectivity index (χ0) is 17.9. The molecule has 0 aliphatic carbocycles. The molecule has 7 nitrogen and oxygen atoms in total. The monoisotopic (exact) mass is 348 g/mol. The number of benzene rings is 1. The molecule has 0 radical (unpaired) electrons. The Morgan fingerprint density at radius 3 is 2.38 bits per heavy atom. The number of hydrogen-bond acceptors (Lipinski definition) is 5. The lowest BCUT2D eigenvalue weighted by atomic mass is 10.2. The molecule has 1 aromatic carbocycles. The van der Waals surface area contributed by atoms with Crippen LogP contribution in [0.25, 0.3) is 5.82 Å². The maximum absolute atomic E-state index is 12.6. The lowest BCUT2D eigenvalue weighted by Gasteiger charge is -2.35. The van der Waals surface area contributed by atoms with Gasteiger partial charge in [0.05, 0.1) is 0 Å². The largest absolute Gasteiger partial charge is 0.353 e. The second-order valence-electron chi connectivity index (χ2n) is 6.22. The molecule has 1 amide bonds. The van der Waals surface area contributed by atoms with Crippen molar-refractivity contribution < 1.29 is 4.79 Å². The van der Waals surface area contributed by atoms with Gasteiger partial charge in [-0.05, 0) is 19.1 Å². The van der Waals surface area contributed by atoms with Crippen molar-refractivity contribution in [3.63, 3.8) is 0 Å². The van der Waals surface area contributed by atoms with Crippen LogP contribution in [0.1, 0.15) is 16.2 Å². The van der Waals surface area contributed by atoms with Crippen molar-refractivity contribution in [3.8, 4) is 5.82 Å². The summed E-state index contributed by atoms with van der Waals surface area (Å²) >= 11 is 0. The number of carbonyl (C=O) groups excluding carboxylic acids is 1. The highest BCUT2D eigenvalue weighted by Gasteiger charge is 2.23. The van der Waals surface area contributed by atoms with Gasteiger partial charge in [0.25, 0.3) is 5.91 Å². The summed E-state index contributed by atoms with van der Waals surface area (Å²) in [7, 11) is 0. The second-order valence-corrected chi connectivity index (χ2v) is 6.22. The van der Waals surface area contributed by atoms with Gasteiger partial charge in [0, 0.05) is 50.2 Å². The normalized spacial score (nSPS) is 14.5. The van der Waals surface area contributed by atoms with Crippen LogP contribution >= 0.6 is 0 Å². The standard InChI is InChI=1S/C19H20N6O/c1-15-20-7-8-25(15)18-13-17(21-14-22-18)23-9-11-24(12-10-23)19(26)16-5-3-2-4-6-16/h2-8,13-14H,9-12H2,1H3. The molecule has 1 aliphatic rings. The molecule has 3 heterocycles. The van der Waals surface area contributed by atoms with Gasteiger partial charge in [-0.1, -0.05) is 18.2 Å². The van der Waals surface area contributed by atoms with Crippen LogP contribution in [0.5, 0.6) is 0 Å². The molecule has 7 heteroatoms. The molecule has 26 heavy (non-hydrogen) atoms. The van der Waals surface area contributed by atoms with E-state index in [4.69, 9.17) is 0 Å². The molecule has 1 fully saturated rings. The number of anilines is 1. The van der Waals surface area contributed by atoms with Crippen LogP contribution < -0.4 is 4.90 Å². The Balaban J connectivity index is 1.45. The first-order valence-corrected chi connectivity index (χ1v) is 8.64. The average Bonchev–Trinajstić information content (AvgIpc) is 3.14. The van der Waals surface area contributed by atoms with Gasteiger partial charge in [0.1, 0.15) is 23.8 Å². The Kier molecular flexibility index (Phi) is 4.35. The van der Waals surface area contributed by atoms with Gasteiger partial charge < -0.3 is 9.80 Å². The second kappa shape index (κ2) is 6.95. The van der Waals surface area contributed by atoms with Crippen molar-refractivity contribution in [2.45, 2.75) is 6.92 Å². The Labute approximate surface area is 151 Å². The van der Waals surface area contributed by atoms with E-state index in [9.17, 15) is 4.79 Å². The molecule has 0 atom stereocenters. The first-order chi connectivity index (χ1) is 12.7. The highest BCUT2D eigenvalue weighted by molar-refractivity contribution is 5.94. The average molecular weight is 348 g/mol. The summed E-state index contributed by atoms with van der Waals surface area (Å²) in [6.45, 7) is 4.79. The van der Waals surface area contributed by atoms with E-state index in [1.165, 1.54) is 0 Å². The number of carbonyl (C=O) groups is 1. The summed E-state index contributed by atoms with van der Waals surface area (Å²) in [5.74, 6) is 2.64. The minimum absolute atomic E-state index is 0.0858. The zero-order valence-corrected chi connectivity index (χ0v) is 14.6. The molecule has 0 unspecified atom stereocenters. The Morgan fingerprint density at radius 2 is 1.69 bits per heavy atom. The number of piperazine rings is 1. The van der Waals surface area contributed by atoms with Gasteiger partial charge in [0.2, 0.25) is 0 Å². The predicted octanol–water partition coefficient (Wildman–Crippen LogP) is 1.93. The van der Waals surface area contributed by atoms with Crippen molar-refractivity contribution in [2.24, 2.45) is 0 Å². The van der Waals surface area contributed by atoms with Crippen molar-refractivity contribution in [1.82, 2.24) is 24.4 Å². The third-order valence-corrected chi connectivity index (χ3v) is 4.62. The highest BCUT2D eigenvalue weighted by atomic mass is 16.2. The fraction of sp³-hybridized carbons (Fsp3) is 0.263. The van der Waals surface area contributed by atoms with Gasteiger partial charge >= 0.3 is 0 Å². The van der Waals surface area contributed by atoms with Gasteiger partial charge in [-0.2, -0.15) is 0 Å². The molecule has 0 bridgehead atoms. The van der Waals surface area contributed by atoms with Crippen molar-refractivity contribution in [3.05, 3.63) is 66.5 Å². The number of imidazole rings is 1. The third kappa shape index (κ3) is 3.15. The summed E-state index contributed by atoms with van der Waals surface area (Å²) < 4.78 is 1.93. The van der Waals surface area contributed by atoms with E-state index in [-0.39, 0.29) is 5.91 Å². The van der Waals surface area contributed by atoms with Crippen molar-refractivity contribution in [2.75, 3.05) is 31.1 Å². The van der Waals surface area contributed by atoms with Crippen LogP contribution in [0, 0.1) is 6.92 Å². The molecular formula is C19H20N6O. The van der Waals surface area contributed by atoms with Crippen LogP contribution in [-0.2, 0) is 0 Å². The predicted molar refractivity (Wildman–Crippen MR) is 98.4 cm³/mol. The highest BCUT2D eigenvalue weighted by Crippen LogP contribution is 2.17. The van der Waals surface area contributed by atoms with Crippen LogP contribution in [0.15, 0.2) is 55.1 Å². The molecule has 0 spiro atoms. The quantitative estimate of drug-likeness (QED) is 0.724. The topological polar surface area (TPSA) is 67.2 Å². The molecule has 2 aromatic heterocycles. The summed E-state index contributed by atoms with van der Waals surface area (Å²) in [6.07, 6.45) is 5.22. The van der Waals surface area contributed by atoms with Crippen LogP contribution in [0.2, 0.25) is 0 Å². The molecule has 132 valence electrons. The summed E-state index contributed by atoms with van der Waals surface area (Å²) in [4.78, 5) is 29.6. The van der Waals surface area contributed by atoms with E-state index in [0.717, 1.165) is 36.1 Å². The first kappa shape index (κ1) is 16.3. The van der Waals surface area contributed by atoms with Crippen molar-refractivity contribution >= 4 is 11.7 Å². The molecule has 0 N–H and O–H groups in total. The Bertz CT molecular complexity index is 899. The fourth-order valence-electron chi connectivity index (χ4n) is 3.16. The summed E-state index contributed by atoms with van der Waals surface area (Å²) in [5, 5.41) is 0. The fourth-order valence-corrected chi connectivity index (χ4v) is 3.16. The zero-order valence-electron chi connectivity index (χ0n) is 14.6.